The fourth-order valence-electron chi connectivity index (χ4n) is 2.06. The Hall–Kier alpha value is -0.990. The second-order valence-corrected chi connectivity index (χ2v) is 5.18. The van der Waals surface area contributed by atoms with Gasteiger partial charge in [-0.3, -0.25) is 0 Å². The van der Waals surface area contributed by atoms with Crippen LogP contribution in [-0.2, 0) is 0 Å². The minimum absolute atomic E-state index is 0.0314. The second kappa shape index (κ2) is 4.71. The summed E-state index contributed by atoms with van der Waals surface area (Å²) in [4.78, 5) is 0. The molecule has 0 aliphatic heterocycles. The van der Waals surface area contributed by atoms with E-state index in [0.29, 0.717) is 0 Å². The molecule has 2 nitrogen and oxygen atoms in total. The summed E-state index contributed by atoms with van der Waals surface area (Å²) in [7, 11) is 0. The van der Waals surface area contributed by atoms with E-state index in [2.05, 4.69) is 5.10 Å². The zero-order valence-corrected chi connectivity index (χ0v) is 11.5. The average Bonchev–Trinajstić information content (AvgIpc) is 2.55. The molecule has 0 bridgehead atoms. The van der Waals surface area contributed by atoms with E-state index in [1.807, 2.05) is 49.7 Å². The van der Waals surface area contributed by atoms with Crippen molar-refractivity contribution >= 4 is 23.2 Å². The first-order chi connectivity index (χ1) is 8.00. The number of hydrogen-bond donors (Lipinski definition) is 0. The van der Waals surface area contributed by atoms with Crippen molar-refractivity contribution in [2.24, 2.45) is 0 Å². The van der Waals surface area contributed by atoms with Gasteiger partial charge < -0.3 is 0 Å². The minimum atomic E-state index is -0.0314. The number of alkyl halides is 1. The van der Waals surface area contributed by atoms with Crippen LogP contribution in [0.1, 0.15) is 29.3 Å². The monoisotopic (exact) mass is 268 g/mol. The summed E-state index contributed by atoms with van der Waals surface area (Å²) in [6, 6.07) is 7.61. The lowest BCUT2D eigenvalue weighted by atomic mass is 10.1. The Bertz CT molecular complexity index is 527. The molecule has 1 unspecified atom stereocenters. The fraction of sp³-hybridized carbons (Fsp3) is 0.308. The summed E-state index contributed by atoms with van der Waals surface area (Å²) < 4.78 is 1.90. The predicted molar refractivity (Wildman–Crippen MR) is 72.3 cm³/mol. The summed E-state index contributed by atoms with van der Waals surface area (Å²) in [6.45, 7) is 5.97. The number of hydrogen-bond acceptors (Lipinski definition) is 1. The maximum Gasteiger partial charge on any atom is 0.0649 e. The SMILES string of the molecule is Cc1nn(-c2ccc(Cl)cc2)c(C)c1C(C)Cl. The average molecular weight is 269 g/mol. The zero-order valence-electron chi connectivity index (χ0n) is 10.0. The Morgan fingerprint density at radius 2 is 1.76 bits per heavy atom. The van der Waals surface area contributed by atoms with Gasteiger partial charge in [-0.05, 0) is 45.0 Å². The van der Waals surface area contributed by atoms with Gasteiger partial charge in [-0.1, -0.05) is 11.6 Å². The highest BCUT2D eigenvalue weighted by Crippen LogP contribution is 2.28. The Kier molecular flexibility index (Phi) is 3.45. The second-order valence-electron chi connectivity index (χ2n) is 4.09. The van der Waals surface area contributed by atoms with E-state index < -0.39 is 0 Å². The first-order valence-corrected chi connectivity index (χ1v) is 6.28. The van der Waals surface area contributed by atoms with Crippen LogP contribution in [0.4, 0.5) is 0 Å². The molecule has 0 spiro atoms. The van der Waals surface area contributed by atoms with Gasteiger partial charge in [0.05, 0.1) is 16.8 Å². The topological polar surface area (TPSA) is 17.8 Å². The van der Waals surface area contributed by atoms with E-state index in [1.54, 1.807) is 0 Å². The molecule has 0 fully saturated rings. The third-order valence-corrected chi connectivity index (χ3v) is 3.29. The van der Waals surface area contributed by atoms with Gasteiger partial charge in [-0.2, -0.15) is 5.10 Å². The standard InChI is InChI=1S/C13H14Cl2N2/c1-8(14)13-9(2)16-17(10(13)3)12-6-4-11(15)5-7-12/h4-8H,1-3H3. The van der Waals surface area contributed by atoms with Crippen LogP contribution in [-0.4, -0.2) is 9.78 Å². The molecule has 0 radical (unpaired) electrons. The Morgan fingerprint density at radius 3 is 2.24 bits per heavy atom. The lowest BCUT2D eigenvalue weighted by Crippen LogP contribution is -1.99. The highest BCUT2D eigenvalue weighted by Gasteiger charge is 2.16. The minimum Gasteiger partial charge on any atom is -0.238 e. The molecule has 1 aromatic heterocycles. The highest BCUT2D eigenvalue weighted by atomic mass is 35.5. The number of benzene rings is 1. The van der Waals surface area contributed by atoms with Crippen molar-refractivity contribution in [3.63, 3.8) is 0 Å². The zero-order chi connectivity index (χ0) is 12.6. The van der Waals surface area contributed by atoms with Crippen molar-refractivity contribution in [1.29, 1.82) is 0 Å². The van der Waals surface area contributed by atoms with Gasteiger partial charge in [-0.15, -0.1) is 11.6 Å². The number of halogens is 2. The fourth-order valence-corrected chi connectivity index (χ4v) is 2.51. The van der Waals surface area contributed by atoms with Gasteiger partial charge in [-0.25, -0.2) is 4.68 Å². The first kappa shape index (κ1) is 12.5. The summed E-state index contributed by atoms with van der Waals surface area (Å²) in [5, 5.41) is 5.21. The predicted octanol–water partition coefficient (Wildman–Crippen LogP) is 4.44. The van der Waals surface area contributed by atoms with Crippen molar-refractivity contribution in [2.75, 3.05) is 0 Å². The van der Waals surface area contributed by atoms with Crippen LogP contribution in [0, 0.1) is 13.8 Å². The lowest BCUT2D eigenvalue weighted by molar-refractivity contribution is 0.832. The molecular formula is C13H14Cl2N2. The van der Waals surface area contributed by atoms with Gasteiger partial charge in [0.2, 0.25) is 0 Å². The number of rotatable bonds is 2. The van der Waals surface area contributed by atoms with E-state index >= 15 is 0 Å². The largest absolute Gasteiger partial charge is 0.238 e. The molecule has 0 N–H and O–H groups in total. The van der Waals surface area contributed by atoms with Crippen LogP contribution in [0.25, 0.3) is 5.69 Å². The van der Waals surface area contributed by atoms with E-state index in [-0.39, 0.29) is 5.38 Å². The van der Waals surface area contributed by atoms with Gasteiger partial charge in [0.25, 0.3) is 0 Å². The third kappa shape index (κ3) is 2.33. The highest BCUT2D eigenvalue weighted by molar-refractivity contribution is 6.30. The molecule has 0 amide bonds. The molecule has 0 saturated heterocycles. The van der Waals surface area contributed by atoms with E-state index in [0.717, 1.165) is 27.7 Å². The summed E-state index contributed by atoms with van der Waals surface area (Å²) in [6.07, 6.45) is 0. The molecule has 1 aromatic carbocycles. The molecule has 2 rings (SSSR count). The first-order valence-electron chi connectivity index (χ1n) is 5.47. The van der Waals surface area contributed by atoms with Crippen LogP contribution in [0.15, 0.2) is 24.3 Å². The van der Waals surface area contributed by atoms with Crippen LogP contribution in [0.2, 0.25) is 5.02 Å². The van der Waals surface area contributed by atoms with Crippen LogP contribution in [0.3, 0.4) is 0 Å². The molecule has 4 heteroatoms. The Balaban J connectivity index is 2.53. The van der Waals surface area contributed by atoms with Crippen LogP contribution < -0.4 is 0 Å². The quantitative estimate of drug-likeness (QED) is 0.737. The van der Waals surface area contributed by atoms with E-state index in [4.69, 9.17) is 23.2 Å². The maximum atomic E-state index is 6.17. The molecule has 1 atom stereocenters. The molecule has 2 aromatic rings. The number of aromatic nitrogens is 2. The molecule has 1 heterocycles. The normalized spacial score (nSPS) is 12.8. The van der Waals surface area contributed by atoms with E-state index in [1.165, 1.54) is 0 Å². The summed E-state index contributed by atoms with van der Waals surface area (Å²) >= 11 is 12.0. The van der Waals surface area contributed by atoms with Gasteiger partial charge >= 0.3 is 0 Å². The molecular weight excluding hydrogens is 255 g/mol. The van der Waals surface area contributed by atoms with Crippen molar-refractivity contribution in [3.8, 4) is 5.69 Å². The van der Waals surface area contributed by atoms with Gasteiger partial charge in [0.1, 0.15) is 0 Å². The molecule has 0 aliphatic carbocycles. The Morgan fingerprint density at radius 1 is 1.18 bits per heavy atom. The molecule has 17 heavy (non-hydrogen) atoms. The smallest absolute Gasteiger partial charge is 0.0649 e. The van der Waals surface area contributed by atoms with Crippen LogP contribution >= 0.6 is 23.2 Å². The Labute approximate surface area is 111 Å². The third-order valence-electron chi connectivity index (χ3n) is 2.82. The van der Waals surface area contributed by atoms with Crippen LogP contribution in [0.5, 0.6) is 0 Å². The summed E-state index contributed by atoms with van der Waals surface area (Å²) in [5.74, 6) is 0. The van der Waals surface area contributed by atoms with Gasteiger partial charge in [0.15, 0.2) is 0 Å². The summed E-state index contributed by atoms with van der Waals surface area (Å²) in [5.41, 5.74) is 4.15. The molecule has 0 saturated carbocycles. The number of nitrogens with zero attached hydrogens (tertiary/aromatic N) is 2. The molecule has 0 aliphatic rings. The maximum absolute atomic E-state index is 6.17. The lowest BCUT2D eigenvalue weighted by Gasteiger charge is -2.06. The van der Waals surface area contributed by atoms with Crippen molar-refractivity contribution < 1.29 is 0 Å². The van der Waals surface area contributed by atoms with Crippen molar-refractivity contribution in [3.05, 3.63) is 46.2 Å². The van der Waals surface area contributed by atoms with Crippen molar-refractivity contribution in [1.82, 2.24) is 9.78 Å². The van der Waals surface area contributed by atoms with Gasteiger partial charge in [0, 0.05) is 16.3 Å². The number of aryl methyl sites for hydroxylation is 1. The van der Waals surface area contributed by atoms with Crippen molar-refractivity contribution in [2.45, 2.75) is 26.1 Å². The molecule has 90 valence electrons. The van der Waals surface area contributed by atoms with E-state index in [9.17, 15) is 0 Å².